The molecule has 0 aliphatic carbocycles. The van der Waals surface area contributed by atoms with E-state index in [2.05, 4.69) is 49.1 Å². The Morgan fingerprint density at radius 2 is 1.83 bits per heavy atom. The number of rotatable bonds is 4. The summed E-state index contributed by atoms with van der Waals surface area (Å²) in [4.78, 5) is 16.8. The quantitative estimate of drug-likeness (QED) is 0.860. The maximum atomic E-state index is 12.8. The van der Waals surface area contributed by atoms with Crippen molar-refractivity contribution in [3.8, 4) is 0 Å². The first-order valence-corrected chi connectivity index (χ1v) is 8.23. The van der Waals surface area contributed by atoms with Crippen molar-refractivity contribution in [1.29, 1.82) is 0 Å². The van der Waals surface area contributed by atoms with Gasteiger partial charge in [-0.3, -0.25) is 4.79 Å². The van der Waals surface area contributed by atoms with Crippen molar-refractivity contribution in [1.82, 2.24) is 4.90 Å². The van der Waals surface area contributed by atoms with Crippen molar-refractivity contribution in [2.24, 2.45) is 0 Å². The fourth-order valence-electron chi connectivity index (χ4n) is 3.30. The number of carbonyl (C=O) groups excluding carboxylic acids is 1. The Kier molecular flexibility index (Phi) is 4.37. The van der Waals surface area contributed by atoms with Crippen molar-refractivity contribution < 1.29 is 4.79 Å². The normalized spacial score (nSPS) is 17.7. The third kappa shape index (κ3) is 3.09. The van der Waals surface area contributed by atoms with Gasteiger partial charge in [-0.25, -0.2) is 0 Å². The number of likely N-dealkylation sites (N-methyl/N-ethyl adjacent to an activating group) is 1. The third-order valence-electron chi connectivity index (χ3n) is 4.91. The Balaban J connectivity index is 1.72. The van der Waals surface area contributed by atoms with Crippen LogP contribution in [-0.2, 0) is 11.2 Å². The van der Waals surface area contributed by atoms with Crippen LogP contribution in [0.5, 0.6) is 0 Å². The summed E-state index contributed by atoms with van der Waals surface area (Å²) in [6.45, 7) is 4.70. The van der Waals surface area contributed by atoms with E-state index in [4.69, 9.17) is 0 Å². The Morgan fingerprint density at radius 1 is 1.17 bits per heavy atom. The first-order valence-electron chi connectivity index (χ1n) is 8.23. The smallest absolute Gasteiger partial charge is 0.242 e. The molecule has 0 spiro atoms. The second-order valence-electron chi connectivity index (χ2n) is 6.40. The molecule has 1 aliphatic heterocycles. The molecule has 2 atom stereocenters. The molecule has 3 rings (SSSR count). The number of para-hydroxylation sites is 1. The second kappa shape index (κ2) is 6.45. The summed E-state index contributed by atoms with van der Waals surface area (Å²) in [7, 11) is 1.90. The van der Waals surface area contributed by atoms with Crippen LogP contribution in [0.4, 0.5) is 5.69 Å². The van der Waals surface area contributed by atoms with Crippen LogP contribution in [0.1, 0.15) is 31.0 Å². The average molecular weight is 308 g/mol. The number of nitrogens with zero attached hydrogens (tertiary/aromatic N) is 2. The highest BCUT2D eigenvalue weighted by molar-refractivity contribution is 5.83. The summed E-state index contributed by atoms with van der Waals surface area (Å²) in [6, 6.07) is 19.0. The molecule has 0 N–H and O–H groups in total. The summed E-state index contributed by atoms with van der Waals surface area (Å²) in [5.41, 5.74) is 3.71. The Hall–Kier alpha value is -2.29. The molecular formula is C20H24N2O. The Bertz CT molecular complexity index is 683. The second-order valence-corrected chi connectivity index (χ2v) is 6.40. The van der Waals surface area contributed by atoms with E-state index in [1.807, 2.05) is 36.2 Å². The predicted molar refractivity (Wildman–Crippen MR) is 94.6 cm³/mol. The lowest BCUT2D eigenvalue weighted by atomic mass is 10.1. The van der Waals surface area contributed by atoms with Crippen molar-refractivity contribution in [3.05, 3.63) is 65.7 Å². The van der Waals surface area contributed by atoms with Gasteiger partial charge in [0.1, 0.15) is 0 Å². The predicted octanol–water partition coefficient (Wildman–Crippen LogP) is 3.66. The number of hydrogen-bond acceptors (Lipinski definition) is 2. The molecule has 1 heterocycles. The minimum atomic E-state index is 0.0804. The van der Waals surface area contributed by atoms with E-state index in [0.717, 1.165) is 6.42 Å². The van der Waals surface area contributed by atoms with Gasteiger partial charge in [0.05, 0.1) is 12.6 Å². The molecule has 2 unspecified atom stereocenters. The van der Waals surface area contributed by atoms with Crippen molar-refractivity contribution >= 4 is 11.6 Å². The fourth-order valence-corrected chi connectivity index (χ4v) is 3.30. The topological polar surface area (TPSA) is 23.6 Å². The van der Waals surface area contributed by atoms with Gasteiger partial charge < -0.3 is 9.80 Å². The Morgan fingerprint density at radius 3 is 2.57 bits per heavy atom. The van der Waals surface area contributed by atoms with Gasteiger partial charge >= 0.3 is 0 Å². The van der Waals surface area contributed by atoms with Crippen molar-refractivity contribution in [2.45, 2.75) is 32.4 Å². The zero-order chi connectivity index (χ0) is 16.4. The monoisotopic (exact) mass is 308 g/mol. The molecule has 0 saturated carbocycles. The van der Waals surface area contributed by atoms with E-state index in [-0.39, 0.29) is 11.9 Å². The van der Waals surface area contributed by atoms with Gasteiger partial charge in [-0.2, -0.15) is 0 Å². The molecule has 23 heavy (non-hydrogen) atoms. The number of amides is 1. The maximum Gasteiger partial charge on any atom is 0.242 e. The van der Waals surface area contributed by atoms with Gasteiger partial charge in [0.2, 0.25) is 5.91 Å². The fraction of sp³-hybridized carbons (Fsp3) is 0.350. The van der Waals surface area contributed by atoms with E-state index >= 15 is 0 Å². The van der Waals surface area contributed by atoms with Gasteiger partial charge in [-0.05, 0) is 37.5 Å². The molecular weight excluding hydrogens is 284 g/mol. The van der Waals surface area contributed by atoms with Gasteiger partial charge in [-0.15, -0.1) is 0 Å². The average Bonchev–Trinajstić information content (AvgIpc) is 2.90. The van der Waals surface area contributed by atoms with Crippen LogP contribution < -0.4 is 4.90 Å². The molecule has 2 aromatic rings. The SMILES string of the molecule is CC(c1ccccc1)N(C)C(=O)CN1c2ccccc2CC1C. The van der Waals surface area contributed by atoms with E-state index < -0.39 is 0 Å². The molecule has 0 radical (unpaired) electrons. The molecule has 0 bridgehead atoms. The standard InChI is InChI=1S/C20H24N2O/c1-15-13-18-11-7-8-12-19(18)22(15)14-20(23)21(3)16(2)17-9-5-4-6-10-17/h4-12,15-16H,13-14H2,1-3H3. The first-order chi connectivity index (χ1) is 11.1. The lowest BCUT2D eigenvalue weighted by molar-refractivity contribution is -0.130. The number of anilines is 1. The lowest BCUT2D eigenvalue weighted by Gasteiger charge is -2.30. The molecule has 1 aliphatic rings. The van der Waals surface area contributed by atoms with Crippen molar-refractivity contribution in [3.63, 3.8) is 0 Å². The largest absolute Gasteiger partial charge is 0.359 e. The van der Waals surface area contributed by atoms with Crippen LogP contribution in [0.2, 0.25) is 0 Å². The number of fused-ring (bicyclic) bond motifs is 1. The summed E-state index contributed by atoms with van der Waals surface area (Å²) in [5, 5.41) is 0. The van der Waals surface area contributed by atoms with Crippen LogP contribution >= 0.6 is 0 Å². The summed E-state index contributed by atoms with van der Waals surface area (Å²) >= 11 is 0. The minimum absolute atomic E-state index is 0.0804. The molecule has 120 valence electrons. The molecule has 2 aromatic carbocycles. The Labute approximate surface area is 138 Å². The highest BCUT2D eigenvalue weighted by atomic mass is 16.2. The molecule has 3 nitrogen and oxygen atoms in total. The maximum absolute atomic E-state index is 12.8. The third-order valence-corrected chi connectivity index (χ3v) is 4.91. The summed E-state index contributed by atoms with van der Waals surface area (Å²) in [5.74, 6) is 0.157. The zero-order valence-corrected chi connectivity index (χ0v) is 14.1. The van der Waals surface area contributed by atoms with Crippen LogP contribution in [0.3, 0.4) is 0 Å². The van der Waals surface area contributed by atoms with Gasteiger partial charge in [-0.1, -0.05) is 48.5 Å². The van der Waals surface area contributed by atoms with Crippen molar-refractivity contribution in [2.75, 3.05) is 18.5 Å². The van der Waals surface area contributed by atoms with E-state index in [0.29, 0.717) is 12.6 Å². The van der Waals surface area contributed by atoms with Crippen LogP contribution in [0.15, 0.2) is 54.6 Å². The molecule has 0 aromatic heterocycles. The summed E-state index contributed by atoms with van der Waals surface area (Å²) < 4.78 is 0. The van der Waals surface area contributed by atoms with E-state index in [9.17, 15) is 4.79 Å². The highest BCUT2D eigenvalue weighted by Gasteiger charge is 2.28. The first kappa shape index (κ1) is 15.6. The summed E-state index contributed by atoms with van der Waals surface area (Å²) in [6.07, 6.45) is 1.02. The van der Waals surface area contributed by atoms with Gasteiger partial charge in [0.25, 0.3) is 0 Å². The van der Waals surface area contributed by atoms with Crippen LogP contribution in [-0.4, -0.2) is 30.4 Å². The van der Waals surface area contributed by atoms with Crippen LogP contribution in [0.25, 0.3) is 0 Å². The molecule has 1 amide bonds. The highest BCUT2D eigenvalue weighted by Crippen LogP contribution is 2.31. The van der Waals surface area contributed by atoms with Gasteiger partial charge in [0.15, 0.2) is 0 Å². The number of hydrogen-bond donors (Lipinski definition) is 0. The van der Waals surface area contributed by atoms with E-state index in [1.165, 1.54) is 16.8 Å². The van der Waals surface area contributed by atoms with Crippen LogP contribution in [0, 0.1) is 0 Å². The number of carbonyl (C=O) groups is 1. The number of benzene rings is 2. The zero-order valence-electron chi connectivity index (χ0n) is 14.1. The van der Waals surface area contributed by atoms with Gasteiger partial charge in [0, 0.05) is 18.8 Å². The van der Waals surface area contributed by atoms with E-state index in [1.54, 1.807) is 0 Å². The molecule has 3 heteroatoms. The molecule has 0 saturated heterocycles. The molecule has 0 fully saturated rings. The minimum Gasteiger partial charge on any atom is -0.359 e. The lowest BCUT2D eigenvalue weighted by Crippen LogP contribution is -2.41.